The molecule has 0 spiro atoms. The molecule has 0 fully saturated rings. The van der Waals surface area contributed by atoms with Gasteiger partial charge in [-0.15, -0.1) is 0 Å². The zero-order chi connectivity index (χ0) is 22.3. The molecule has 0 bridgehead atoms. The lowest BCUT2D eigenvalue weighted by molar-refractivity contribution is -0.136. The Hall–Kier alpha value is -3.02. The zero-order valence-corrected chi connectivity index (χ0v) is 17.9. The predicted octanol–water partition coefficient (Wildman–Crippen LogP) is 5.10. The lowest BCUT2D eigenvalue weighted by Gasteiger charge is -2.23. The van der Waals surface area contributed by atoms with Crippen LogP contribution in [0.2, 0.25) is 5.02 Å². The van der Waals surface area contributed by atoms with E-state index < -0.39 is 23.7 Å². The Morgan fingerprint density at radius 2 is 1.84 bits per heavy atom. The largest absolute Gasteiger partial charge is 0.375 e. The summed E-state index contributed by atoms with van der Waals surface area (Å²) in [7, 11) is 0. The lowest BCUT2D eigenvalue weighted by atomic mass is 9.87. The highest BCUT2D eigenvalue weighted by Crippen LogP contribution is 2.44. The fourth-order valence-corrected chi connectivity index (χ4v) is 4.35. The Morgan fingerprint density at radius 3 is 2.55 bits per heavy atom. The molecule has 31 heavy (non-hydrogen) atoms. The number of aliphatic hydroxyl groups is 1. The van der Waals surface area contributed by atoms with Crippen LogP contribution in [0, 0.1) is 19.7 Å². The van der Waals surface area contributed by atoms with E-state index in [0.29, 0.717) is 16.8 Å². The van der Waals surface area contributed by atoms with Crippen molar-refractivity contribution in [2.75, 3.05) is 4.90 Å². The third-order valence-electron chi connectivity index (χ3n) is 5.72. The second-order valence-electron chi connectivity index (χ2n) is 7.89. The lowest BCUT2D eigenvalue weighted by Crippen LogP contribution is -2.41. The number of nitrogens with zero attached hydrogens (tertiary/aromatic N) is 1. The molecule has 0 saturated heterocycles. The van der Waals surface area contributed by atoms with Crippen LogP contribution in [0.15, 0.2) is 60.7 Å². The summed E-state index contributed by atoms with van der Waals surface area (Å²) in [5, 5.41) is 11.6. The highest BCUT2D eigenvalue weighted by atomic mass is 35.5. The van der Waals surface area contributed by atoms with Crippen LogP contribution in [0.5, 0.6) is 0 Å². The highest BCUT2D eigenvalue weighted by Gasteiger charge is 2.51. The zero-order valence-electron chi connectivity index (χ0n) is 17.2. The Balaban J connectivity index is 1.72. The van der Waals surface area contributed by atoms with Gasteiger partial charge in [0, 0.05) is 21.7 Å². The van der Waals surface area contributed by atoms with Gasteiger partial charge in [0.1, 0.15) is 5.82 Å². The molecular weight excluding hydrogens is 417 g/mol. The molecule has 0 radical (unpaired) electrons. The molecular formula is C25H21ClFNO3. The number of carbonyl (C=O) groups is 2. The Kier molecular flexibility index (Phi) is 5.42. The number of ketones is 1. The smallest absolute Gasteiger partial charge is 0.264 e. The number of fused-ring (bicyclic) bond motifs is 1. The maximum absolute atomic E-state index is 14.4. The van der Waals surface area contributed by atoms with Gasteiger partial charge in [-0.2, -0.15) is 0 Å². The van der Waals surface area contributed by atoms with E-state index in [1.807, 2.05) is 26.0 Å². The average Bonchev–Trinajstić information content (AvgIpc) is 2.92. The second kappa shape index (κ2) is 7.91. The molecule has 1 aliphatic rings. The number of Topliss-reactive ketones (excluding diaryl/α,β-unsaturated/α-hetero) is 1. The monoisotopic (exact) mass is 437 g/mol. The van der Waals surface area contributed by atoms with Crippen molar-refractivity contribution in [1.82, 2.24) is 0 Å². The molecule has 0 unspecified atom stereocenters. The second-order valence-corrected chi connectivity index (χ2v) is 8.29. The minimum absolute atomic E-state index is 0.150. The third-order valence-corrected chi connectivity index (χ3v) is 6.07. The number of benzene rings is 3. The standard InChI is InChI=1S/C25H21ClFNO3/c1-15-10-11-17(16(2)12-15)23(29)13-25(31)19-6-3-4-9-22(19)28(24(25)30)14-18-20(26)7-5-8-21(18)27/h3-12,31H,13-14H2,1-2H3/t25-/m1/s1. The molecule has 4 nitrogen and oxygen atoms in total. The van der Waals surface area contributed by atoms with Gasteiger partial charge in [0.25, 0.3) is 5.91 Å². The minimum atomic E-state index is -2.04. The molecule has 0 aromatic heterocycles. The molecule has 3 aromatic carbocycles. The Bertz CT molecular complexity index is 1190. The first-order valence-corrected chi connectivity index (χ1v) is 10.3. The number of amides is 1. The van der Waals surface area contributed by atoms with Crippen LogP contribution in [0.4, 0.5) is 10.1 Å². The molecule has 4 rings (SSSR count). The molecule has 1 atom stereocenters. The van der Waals surface area contributed by atoms with E-state index in [4.69, 9.17) is 11.6 Å². The van der Waals surface area contributed by atoms with Gasteiger partial charge in [-0.1, -0.05) is 59.6 Å². The maximum atomic E-state index is 14.4. The van der Waals surface area contributed by atoms with Crippen LogP contribution < -0.4 is 4.90 Å². The van der Waals surface area contributed by atoms with Crippen molar-refractivity contribution in [3.05, 3.63) is 99.3 Å². The van der Waals surface area contributed by atoms with Crippen LogP contribution in [0.3, 0.4) is 0 Å². The van der Waals surface area contributed by atoms with E-state index in [0.717, 1.165) is 11.1 Å². The summed E-state index contributed by atoms with van der Waals surface area (Å²) in [6.45, 7) is 3.60. The number of aryl methyl sites for hydroxylation is 2. The summed E-state index contributed by atoms with van der Waals surface area (Å²) in [6.07, 6.45) is -0.408. The predicted molar refractivity (Wildman–Crippen MR) is 118 cm³/mol. The topological polar surface area (TPSA) is 57.6 Å². The number of anilines is 1. The van der Waals surface area contributed by atoms with Crippen molar-refractivity contribution in [2.24, 2.45) is 0 Å². The summed E-state index contributed by atoms with van der Waals surface area (Å²) in [5.74, 6) is -1.56. The van der Waals surface area contributed by atoms with Crippen molar-refractivity contribution < 1.29 is 19.1 Å². The average molecular weight is 438 g/mol. The highest BCUT2D eigenvalue weighted by molar-refractivity contribution is 6.31. The van der Waals surface area contributed by atoms with Gasteiger partial charge in [-0.3, -0.25) is 9.59 Å². The molecule has 1 N–H and O–H groups in total. The van der Waals surface area contributed by atoms with Crippen LogP contribution in [-0.4, -0.2) is 16.8 Å². The van der Waals surface area contributed by atoms with E-state index in [1.165, 1.54) is 17.0 Å². The number of halogens is 2. The van der Waals surface area contributed by atoms with Crippen molar-refractivity contribution in [1.29, 1.82) is 0 Å². The number of rotatable bonds is 5. The first kappa shape index (κ1) is 21.2. The van der Waals surface area contributed by atoms with E-state index in [9.17, 15) is 19.1 Å². The van der Waals surface area contributed by atoms with Gasteiger partial charge >= 0.3 is 0 Å². The van der Waals surface area contributed by atoms with E-state index in [-0.39, 0.29) is 22.9 Å². The molecule has 1 amide bonds. The van der Waals surface area contributed by atoms with Crippen molar-refractivity contribution in [3.63, 3.8) is 0 Å². The first-order valence-electron chi connectivity index (χ1n) is 9.89. The maximum Gasteiger partial charge on any atom is 0.264 e. The summed E-state index contributed by atoms with van der Waals surface area (Å²) in [5.41, 5.74) is 1.12. The summed E-state index contributed by atoms with van der Waals surface area (Å²) in [6, 6.07) is 16.4. The van der Waals surface area contributed by atoms with E-state index >= 15 is 0 Å². The summed E-state index contributed by atoms with van der Waals surface area (Å²) < 4.78 is 14.4. The van der Waals surface area contributed by atoms with Gasteiger partial charge < -0.3 is 10.0 Å². The molecule has 0 saturated carbocycles. The van der Waals surface area contributed by atoms with Crippen LogP contribution >= 0.6 is 11.6 Å². The van der Waals surface area contributed by atoms with Crippen molar-refractivity contribution in [2.45, 2.75) is 32.4 Å². The van der Waals surface area contributed by atoms with Crippen molar-refractivity contribution in [3.8, 4) is 0 Å². The van der Waals surface area contributed by atoms with Gasteiger partial charge in [0.2, 0.25) is 0 Å². The SMILES string of the molecule is Cc1ccc(C(=O)C[C@]2(O)C(=O)N(Cc3c(F)cccc3Cl)c3ccccc32)c(C)c1. The first-order chi connectivity index (χ1) is 14.7. The molecule has 0 aliphatic carbocycles. The number of carbonyl (C=O) groups excluding carboxylic acids is 2. The normalized spacial score (nSPS) is 17.7. The van der Waals surface area contributed by atoms with Gasteiger partial charge in [-0.05, 0) is 37.6 Å². The van der Waals surface area contributed by atoms with Gasteiger partial charge in [0.15, 0.2) is 11.4 Å². The van der Waals surface area contributed by atoms with Gasteiger partial charge in [0.05, 0.1) is 18.7 Å². The third kappa shape index (κ3) is 3.64. The van der Waals surface area contributed by atoms with Crippen LogP contribution in [-0.2, 0) is 16.9 Å². The van der Waals surface area contributed by atoms with E-state index in [1.54, 1.807) is 36.4 Å². The quantitative estimate of drug-likeness (QED) is 0.565. The number of hydrogen-bond donors (Lipinski definition) is 1. The van der Waals surface area contributed by atoms with Crippen LogP contribution in [0.25, 0.3) is 0 Å². The molecule has 1 heterocycles. The van der Waals surface area contributed by atoms with Gasteiger partial charge in [-0.25, -0.2) is 4.39 Å². The summed E-state index contributed by atoms with van der Waals surface area (Å²) >= 11 is 6.15. The Labute approximate surface area is 184 Å². The molecule has 6 heteroatoms. The van der Waals surface area contributed by atoms with Crippen molar-refractivity contribution >= 4 is 29.0 Å². The van der Waals surface area contributed by atoms with Crippen LogP contribution in [0.1, 0.15) is 39.0 Å². The fraction of sp³-hybridized carbons (Fsp3) is 0.200. The molecule has 158 valence electrons. The fourth-order valence-electron chi connectivity index (χ4n) is 4.13. The minimum Gasteiger partial charge on any atom is -0.375 e. The van der Waals surface area contributed by atoms with E-state index in [2.05, 4.69) is 0 Å². The summed E-state index contributed by atoms with van der Waals surface area (Å²) in [4.78, 5) is 27.7. The number of hydrogen-bond acceptors (Lipinski definition) is 3. The number of para-hydroxylation sites is 1. The Morgan fingerprint density at radius 1 is 1.10 bits per heavy atom. The molecule has 1 aliphatic heterocycles. The molecule has 3 aromatic rings.